The SMILES string of the molecule is Cc1ccc(-c2nc(Cl)c(I)c(C(C)(C)C)n2)c(Br)c1. The number of aromatic nitrogens is 2. The summed E-state index contributed by atoms with van der Waals surface area (Å²) >= 11 is 12.1. The van der Waals surface area contributed by atoms with Gasteiger partial charge in [0.05, 0.1) is 9.26 Å². The van der Waals surface area contributed by atoms with Crippen molar-refractivity contribution in [3.05, 3.63) is 42.7 Å². The van der Waals surface area contributed by atoms with E-state index < -0.39 is 0 Å². The molecule has 1 aromatic carbocycles. The van der Waals surface area contributed by atoms with Crippen LogP contribution >= 0.6 is 50.1 Å². The zero-order chi connectivity index (χ0) is 15.1. The van der Waals surface area contributed by atoms with Crippen molar-refractivity contribution < 1.29 is 0 Å². The Bertz CT molecular complexity index is 666. The predicted octanol–water partition coefficient (Wildman–Crippen LogP) is 5.77. The lowest BCUT2D eigenvalue weighted by Crippen LogP contribution is -2.17. The highest BCUT2D eigenvalue weighted by Crippen LogP contribution is 2.33. The molecule has 0 atom stereocenters. The molecule has 0 aliphatic carbocycles. The highest BCUT2D eigenvalue weighted by atomic mass is 127. The van der Waals surface area contributed by atoms with Crippen LogP contribution in [-0.4, -0.2) is 9.97 Å². The van der Waals surface area contributed by atoms with Gasteiger partial charge in [-0.05, 0) is 47.2 Å². The fourth-order valence-electron chi connectivity index (χ4n) is 1.84. The minimum atomic E-state index is -0.0744. The van der Waals surface area contributed by atoms with Crippen LogP contribution in [0.2, 0.25) is 5.15 Å². The first kappa shape index (κ1) is 16.2. The van der Waals surface area contributed by atoms with Crippen molar-refractivity contribution >= 4 is 50.1 Å². The Morgan fingerprint density at radius 3 is 2.40 bits per heavy atom. The largest absolute Gasteiger partial charge is 0.231 e. The van der Waals surface area contributed by atoms with Gasteiger partial charge in [-0.15, -0.1) is 0 Å². The van der Waals surface area contributed by atoms with Gasteiger partial charge in [0.15, 0.2) is 5.82 Å². The number of hydrogen-bond donors (Lipinski definition) is 0. The van der Waals surface area contributed by atoms with Crippen molar-refractivity contribution in [2.75, 3.05) is 0 Å². The molecule has 0 saturated heterocycles. The Balaban J connectivity index is 2.67. The first-order chi connectivity index (χ1) is 9.20. The van der Waals surface area contributed by atoms with Crippen molar-refractivity contribution in [3.63, 3.8) is 0 Å². The summed E-state index contributed by atoms with van der Waals surface area (Å²) < 4.78 is 1.90. The second-order valence-corrected chi connectivity index (χ2v) is 8.03. The summed E-state index contributed by atoms with van der Waals surface area (Å²) in [6.07, 6.45) is 0. The number of halogens is 3. The van der Waals surface area contributed by atoms with E-state index in [1.807, 2.05) is 12.1 Å². The number of aryl methyl sites for hydroxylation is 1. The zero-order valence-corrected chi connectivity index (χ0v) is 16.3. The second-order valence-electron chi connectivity index (χ2n) is 5.73. The standard InChI is InChI=1S/C15H15BrClIN2/c1-8-5-6-9(10(16)7-8)14-19-12(15(2,3)4)11(18)13(17)20-14/h5-7H,1-4H3. The van der Waals surface area contributed by atoms with E-state index in [1.165, 1.54) is 5.56 Å². The molecule has 2 rings (SSSR count). The molecule has 0 unspecified atom stereocenters. The van der Waals surface area contributed by atoms with Crippen molar-refractivity contribution in [2.24, 2.45) is 0 Å². The first-order valence-electron chi connectivity index (χ1n) is 6.20. The summed E-state index contributed by atoms with van der Waals surface area (Å²) in [4.78, 5) is 9.16. The van der Waals surface area contributed by atoms with Gasteiger partial charge < -0.3 is 0 Å². The Labute approximate surface area is 146 Å². The summed E-state index contributed by atoms with van der Waals surface area (Å²) in [6.45, 7) is 8.43. The van der Waals surface area contributed by atoms with E-state index in [2.05, 4.69) is 77.3 Å². The van der Waals surface area contributed by atoms with E-state index in [1.54, 1.807) is 0 Å². The van der Waals surface area contributed by atoms with Crippen LogP contribution in [0, 0.1) is 10.5 Å². The molecule has 1 aromatic heterocycles. The van der Waals surface area contributed by atoms with Crippen LogP contribution in [0.15, 0.2) is 22.7 Å². The highest BCUT2D eigenvalue weighted by molar-refractivity contribution is 14.1. The summed E-state index contributed by atoms with van der Waals surface area (Å²) in [6, 6.07) is 6.12. The van der Waals surface area contributed by atoms with Crippen LogP contribution in [0.5, 0.6) is 0 Å². The van der Waals surface area contributed by atoms with Crippen molar-refractivity contribution in [1.29, 1.82) is 0 Å². The van der Waals surface area contributed by atoms with Gasteiger partial charge in [-0.3, -0.25) is 0 Å². The maximum atomic E-state index is 6.28. The molecule has 106 valence electrons. The van der Waals surface area contributed by atoms with Gasteiger partial charge in [-0.25, -0.2) is 9.97 Å². The van der Waals surface area contributed by atoms with Crippen LogP contribution in [0.25, 0.3) is 11.4 Å². The quantitative estimate of drug-likeness (QED) is 0.395. The molecule has 0 radical (unpaired) electrons. The predicted molar refractivity (Wildman–Crippen MR) is 96.3 cm³/mol. The van der Waals surface area contributed by atoms with Gasteiger partial charge in [-0.1, -0.05) is 54.4 Å². The normalized spacial score (nSPS) is 11.8. The lowest BCUT2D eigenvalue weighted by Gasteiger charge is -2.20. The van der Waals surface area contributed by atoms with Gasteiger partial charge >= 0.3 is 0 Å². The molecule has 1 heterocycles. The van der Waals surface area contributed by atoms with Gasteiger partial charge in [-0.2, -0.15) is 0 Å². The van der Waals surface area contributed by atoms with Crippen LogP contribution in [0.4, 0.5) is 0 Å². The van der Waals surface area contributed by atoms with Crippen LogP contribution in [0.1, 0.15) is 32.0 Å². The monoisotopic (exact) mass is 464 g/mol. The minimum Gasteiger partial charge on any atom is -0.231 e. The summed E-state index contributed by atoms with van der Waals surface area (Å²) in [7, 11) is 0. The molecule has 0 aliphatic rings. The second kappa shape index (κ2) is 5.89. The molecule has 20 heavy (non-hydrogen) atoms. The Morgan fingerprint density at radius 2 is 1.85 bits per heavy atom. The third-order valence-electron chi connectivity index (χ3n) is 2.89. The molecular weight excluding hydrogens is 450 g/mol. The molecule has 2 nitrogen and oxygen atoms in total. The van der Waals surface area contributed by atoms with Gasteiger partial charge in [0, 0.05) is 15.5 Å². The summed E-state index contributed by atoms with van der Waals surface area (Å²) in [5, 5.41) is 0.507. The summed E-state index contributed by atoms with van der Waals surface area (Å²) in [5.74, 6) is 0.659. The van der Waals surface area contributed by atoms with E-state index in [4.69, 9.17) is 16.6 Å². The molecule has 0 amide bonds. The van der Waals surface area contributed by atoms with Crippen molar-refractivity contribution in [2.45, 2.75) is 33.1 Å². The molecule has 0 saturated carbocycles. The fraction of sp³-hybridized carbons (Fsp3) is 0.333. The van der Waals surface area contributed by atoms with Crippen LogP contribution in [0.3, 0.4) is 0 Å². The molecule has 0 aliphatic heterocycles. The Hall–Kier alpha value is -0.200. The van der Waals surface area contributed by atoms with E-state index in [0.717, 1.165) is 19.3 Å². The first-order valence-corrected chi connectivity index (χ1v) is 8.45. The summed E-state index contributed by atoms with van der Waals surface area (Å²) in [5.41, 5.74) is 3.04. The lowest BCUT2D eigenvalue weighted by molar-refractivity contribution is 0.563. The smallest absolute Gasteiger partial charge is 0.162 e. The van der Waals surface area contributed by atoms with E-state index in [-0.39, 0.29) is 5.41 Å². The van der Waals surface area contributed by atoms with Crippen molar-refractivity contribution in [3.8, 4) is 11.4 Å². The maximum absolute atomic E-state index is 6.28. The molecule has 0 fully saturated rings. The fourth-order valence-corrected chi connectivity index (χ4v) is 3.73. The third-order valence-corrected chi connectivity index (χ3v) is 5.16. The average molecular weight is 466 g/mol. The third kappa shape index (κ3) is 3.34. The van der Waals surface area contributed by atoms with Gasteiger partial charge in [0.1, 0.15) is 5.15 Å². The molecule has 0 bridgehead atoms. The molecule has 0 spiro atoms. The van der Waals surface area contributed by atoms with E-state index in [9.17, 15) is 0 Å². The van der Waals surface area contributed by atoms with E-state index >= 15 is 0 Å². The molecular formula is C15H15BrClIN2. The minimum absolute atomic E-state index is 0.0744. The highest BCUT2D eigenvalue weighted by Gasteiger charge is 2.23. The van der Waals surface area contributed by atoms with Gasteiger partial charge in [0.2, 0.25) is 0 Å². The molecule has 5 heteroatoms. The van der Waals surface area contributed by atoms with E-state index in [0.29, 0.717) is 11.0 Å². The average Bonchev–Trinajstić information content (AvgIpc) is 2.31. The van der Waals surface area contributed by atoms with Crippen LogP contribution < -0.4 is 0 Å². The zero-order valence-electron chi connectivity index (χ0n) is 11.8. The number of hydrogen-bond acceptors (Lipinski definition) is 2. The molecule has 0 N–H and O–H groups in total. The lowest BCUT2D eigenvalue weighted by atomic mass is 9.92. The number of rotatable bonds is 1. The van der Waals surface area contributed by atoms with Crippen LogP contribution in [-0.2, 0) is 5.41 Å². The molecule has 2 aromatic rings. The Kier molecular flexibility index (Phi) is 4.76. The number of nitrogens with zero attached hydrogens (tertiary/aromatic N) is 2. The number of benzene rings is 1. The van der Waals surface area contributed by atoms with Gasteiger partial charge in [0.25, 0.3) is 0 Å². The maximum Gasteiger partial charge on any atom is 0.162 e. The Morgan fingerprint density at radius 1 is 1.20 bits per heavy atom. The topological polar surface area (TPSA) is 25.8 Å². The van der Waals surface area contributed by atoms with Crippen molar-refractivity contribution in [1.82, 2.24) is 9.97 Å².